The van der Waals surface area contributed by atoms with Gasteiger partial charge in [0, 0.05) is 36.6 Å². The Kier molecular flexibility index (Phi) is 4.73. The lowest BCUT2D eigenvalue weighted by atomic mass is 10.0. The summed E-state index contributed by atoms with van der Waals surface area (Å²) in [4.78, 5) is 2.77. The zero-order valence-corrected chi connectivity index (χ0v) is 13.4. The van der Waals surface area contributed by atoms with E-state index in [-0.39, 0.29) is 0 Å². The van der Waals surface area contributed by atoms with Crippen molar-refractivity contribution in [1.82, 2.24) is 5.32 Å². The van der Waals surface area contributed by atoms with Gasteiger partial charge < -0.3 is 10.1 Å². The molecule has 1 aliphatic rings. The standard InChI is InChI=1S/C18H23NOS/c1-20-12-11-18(9-10-18)14-19-13-16-7-8-17(21-16)15-5-3-2-4-6-15/h2-8,19H,9-14H2,1H3. The number of benzene rings is 1. The Hall–Kier alpha value is -1.16. The van der Waals surface area contributed by atoms with Crippen molar-refractivity contribution < 1.29 is 4.74 Å². The molecule has 1 saturated carbocycles. The molecule has 2 aromatic rings. The summed E-state index contributed by atoms with van der Waals surface area (Å²) in [7, 11) is 1.79. The van der Waals surface area contributed by atoms with Gasteiger partial charge in [0.25, 0.3) is 0 Å². The summed E-state index contributed by atoms with van der Waals surface area (Å²) in [5.74, 6) is 0. The normalized spacial score (nSPS) is 16.0. The van der Waals surface area contributed by atoms with Crippen LogP contribution in [0.1, 0.15) is 24.1 Å². The smallest absolute Gasteiger partial charge is 0.0468 e. The maximum absolute atomic E-state index is 5.21. The van der Waals surface area contributed by atoms with Gasteiger partial charge >= 0.3 is 0 Å². The topological polar surface area (TPSA) is 21.3 Å². The maximum atomic E-state index is 5.21. The van der Waals surface area contributed by atoms with Crippen LogP contribution in [-0.4, -0.2) is 20.3 Å². The molecule has 21 heavy (non-hydrogen) atoms. The second-order valence-corrected chi connectivity index (χ2v) is 7.15. The molecule has 0 amide bonds. The third kappa shape index (κ3) is 3.94. The number of methoxy groups -OCH3 is 1. The molecule has 1 aliphatic carbocycles. The molecule has 0 spiro atoms. The first-order valence-electron chi connectivity index (χ1n) is 7.65. The van der Waals surface area contributed by atoms with Gasteiger partial charge in [0.2, 0.25) is 0 Å². The molecular weight excluding hydrogens is 278 g/mol. The van der Waals surface area contributed by atoms with Gasteiger partial charge in [-0.3, -0.25) is 0 Å². The van der Waals surface area contributed by atoms with Crippen molar-refractivity contribution in [3.05, 3.63) is 47.3 Å². The highest BCUT2D eigenvalue weighted by molar-refractivity contribution is 7.15. The fourth-order valence-corrected chi connectivity index (χ4v) is 3.67. The average molecular weight is 301 g/mol. The van der Waals surface area contributed by atoms with Crippen LogP contribution in [0.5, 0.6) is 0 Å². The van der Waals surface area contributed by atoms with Gasteiger partial charge in [-0.2, -0.15) is 0 Å². The summed E-state index contributed by atoms with van der Waals surface area (Å²) in [5, 5.41) is 3.63. The van der Waals surface area contributed by atoms with Crippen molar-refractivity contribution in [3.63, 3.8) is 0 Å². The molecule has 0 aliphatic heterocycles. The van der Waals surface area contributed by atoms with Gasteiger partial charge in [0.1, 0.15) is 0 Å². The van der Waals surface area contributed by atoms with Crippen molar-refractivity contribution in [2.24, 2.45) is 5.41 Å². The molecule has 1 aromatic heterocycles. The van der Waals surface area contributed by atoms with Crippen LogP contribution in [0.3, 0.4) is 0 Å². The molecule has 1 heterocycles. The Balaban J connectivity index is 1.49. The monoisotopic (exact) mass is 301 g/mol. The van der Waals surface area contributed by atoms with E-state index in [1.807, 2.05) is 11.3 Å². The van der Waals surface area contributed by atoms with E-state index in [1.165, 1.54) is 34.6 Å². The Labute approximate surface area is 131 Å². The van der Waals surface area contributed by atoms with Crippen molar-refractivity contribution >= 4 is 11.3 Å². The third-order valence-electron chi connectivity index (χ3n) is 4.31. The summed E-state index contributed by atoms with van der Waals surface area (Å²) in [6, 6.07) is 15.1. The molecule has 3 rings (SSSR count). The molecule has 1 aromatic carbocycles. The first-order chi connectivity index (χ1) is 10.3. The SMILES string of the molecule is COCCC1(CNCc2ccc(-c3ccccc3)s2)CC1. The zero-order valence-electron chi connectivity index (χ0n) is 12.6. The highest BCUT2D eigenvalue weighted by Gasteiger charge is 2.41. The Bertz CT molecular complexity index is 560. The van der Waals surface area contributed by atoms with Crippen LogP contribution in [0.4, 0.5) is 0 Å². The van der Waals surface area contributed by atoms with E-state index in [4.69, 9.17) is 4.74 Å². The highest BCUT2D eigenvalue weighted by Crippen LogP contribution is 2.48. The van der Waals surface area contributed by atoms with E-state index < -0.39 is 0 Å². The van der Waals surface area contributed by atoms with E-state index >= 15 is 0 Å². The molecule has 2 nitrogen and oxygen atoms in total. The van der Waals surface area contributed by atoms with Crippen LogP contribution in [-0.2, 0) is 11.3 Å². The molecule has 0 bridgehead atoms. The van der Waals surface area contributed by atoms with Crippen LogP contribution < -0.4 is 5.32 Å². The van der Waals surface area contributed by atoms with Crippen molar-refractivity contribution in [2.45, 2.75) is 25.8 Å². The lowest BCUT2D eigenvalue weighted by Crippen LogP contribution is -2.24. The second kappa shape index (κ2) is 6.73. The molecule has 1 fully saturated rings. The molecule has 1 N–H and O–H groups in total. The van der Waals surface area contributed by atoms with Crippen LogP contribution in [0.2, 0.25) is 0 Å². The van der Waals surface area contributed by atoms with Gasteiger partial charge in [-0.15, -0.1) is 11.3 Å². The van der Waals surface area contributed by atoms with E-state index in [0.29, 0.717) is 5.41 Å². The number of nitrogens with one attached hydrogen (secondary N) is 1. The van der Waals surface area contributed by atoms with Gasteiger partial charge in [-0.1, -0.05) is 30.3 Å². The van der Waals surface area contributed by atoms with E-state index in [1.54, 1.807) is 7.11 Å². The van der Waals surface area contributed by atoms with Gasteiger partial charge in [0.15, 0.2) is 0 Å². The number of hydrogen-bond donors (Lipinski definition) is 1. The second-order valence-electron chi connectivity index (χ2n) is 5.98. The predicted octanol–water partition coefficient (Wildman–Crippen LogP) is 4.32. The highest BCUT2D eigenvalue weighted by atomic mass is 32.1. The minimum atomic E-state index is 0.523. The predicted molar refractivity (Wildman–Crippen MR) is 89.6 cm³/mol. The number of ether oxygens (including phenoxy) is 1. The Morgan fingerprint density at radius 2 is 1.95 bits per heavy atom. The molecule has 0 unspecified atom stereocenters. The van der Waals surface area contributed by atoms with Gasteiger partial charge in [-0.25, -0.2) is 0 Å². The summed E-state index contributed by atoms with van der Waals surface area (Å²) in [5.41, 5.74) is 1.84. The summed E-state index contributed by atoms with van der Waals surface area (Å²) >= 11 is 1.89. The summed E-state index contributed by atoms with van der Waals surface area (Å²) in [6.07, 6.45) is 3.89. The largest absolute Gasteiger partial charge is 0.385 e. The fourth-order valence-electron chi connectivity index (χ4n) is 2.69. The van der Waals surface area contributed by atoms with Gasteiger partial charge in [0.05, 0.1) is 0 Å². The summed E-state index contributed by atoms with van der Waals surface area (Å²) < 4.78 is 5.21. The van der Waals surface area contributed by atoms with Crippen LogP contribution in [0, 0.1) is 5.41 Å². The quantitative estimate of drug-likeness (QED) is 0.784. The molecule has 0 radical (unpaired) electrons. The number of hydrogen-bond acceptors (Lipinski definition) is 3. The maximum Gasteiger partial charge on any atom is 0.0468 e. The number of rotatable bonds is 8. The fraction of sp³-hybridized carbons (Fsp3) is 0.444. The Morgan fingerprint density at radius 1 is 1.14 bits per heavy atom. The first-order valence-corrected chi connectivity index (χ1v) is 8.47. The van der Waals surface area contributed by atoms with Crippen LogP contribution >= 0.6 is 11.3 Å². The molecular formula is C18H23NOS. The van der Waals surface area contributed by atoms with Crippen molar-refractivity contribution in [3.8, 4) is 10.4 Å². The number of thiophene rings is 1. The molecule has 112 valence electrons. The lowest BCUT2D eigenvalue weighted by Gasteiger charge is -2.14. The minimum Gasteiger partial charge on any atom is -0.385 e. The molecule has 0 atom stereocenters. The van der Waals surface area contributed by atoms with E-state index in [0.717, 1.165) is 19.7 Å². The van der Waals surface area contributed by atoms with E-state index in [2.05, 4.69) is 47.8 Å². The van der Waals surface area contributed by atoms with Gasteiger partial charge in [-0.05, 0) is 42.4 Å². The molecule has 0 saturated heterocycles. The minimum absolute atomic E-state index is 0.523. The summed E-state index contributed by atoms with van der Waals surface area (Å²) in [6.45, 7) is 2.99. The first kappa shape index (κ1) is 14.8. The Morgan fingerprint density at radius 3 is 2.67 bits per heavy atom. The zero-order chi connectivity index (χ0) is 14.5. The van der Waals surface area contributed by atoms with Crippen molar-refractivity contribution in [2.75, 3.05) is 20.3 Å². The van der Waals surface area contributed by atoms with Crippen LogP contribution in [0.25, 0.3) is 10.4 Å². The molecule has 3 heteroatoms. The van der Waals surface area contributed by atoms with Crippen LogP contribution in [0.15, 0.2) is 42.5 Å². The van der Waals surface area contributed by atoms with Crippen molar-refractivity contribution in [1.29, 1.82) is 0 Å². The third-order valence-corrected chi connectivity index (χ3v) is 5.45. The average Bonchev–Trinajstić information content (AvgIpc) is 3.13. The van der Waals surface area contributed by atoms with E-state index in [9.17, 15) is 0 Å². The lowest BCUT2D eigenvalue weighted by molar-refractivity contribution is 0.171.